The monoisotopic (exact) mass is 324 g/mol. The number of phenolic OH excluding ortho intramolecular Hbond substituents is 1. The number of rotatable bonds is 4. The van der Waals surface area contributed by atoms with Crippen molar-refractivity contribution in [3.63, 3.8) is 0 Å². The van der Waals surface area contributed by atoms with Crippen LogP contribution in [0.4, 0.5) is 0 Å². The Morgan fingerprint density at radius 3 is 2.71 bits per heavy atom. The molecule has 4 nitrogen and oxygen atoms in total. The first-order chi connectivity index (χ1) is 11.6. The molecule has 0 aliphatic heterocycles. The molecule has 1 unspecified atom stereocenters. The van der Waals surface area contributed by atoms with Gasteiger partial charge in [0.25, 0.3) is 5.91 Å². The molecule has 3 rings (SSSR count). The molecule has 126 valence electrons. The molecule has 0 saturated carbocycles. The van der Waals surface area contributed by atoms with Crippen molar-refractivity contribution < 1.29 is 9.90 Å². The highest BCUT2D eigenvalue weighted by Gasteiger charge is 2.23. The van der Waals surface area contributed by atoms with Gasteiger partial charge in [-0.2, -0.15) is 0 Å². The molecule has 0 saturated heterocycles. The van der Waals surface area contributed by atoms with E-state index in [2.05, 4.69) is 4.98 Å². The Kier molecular flexibility index (Phi) is 4.84. The van der Waals surface area contributed by atoms with E-state index >= 15 is 0 Å². The van der Waals surface area contributed by atoms with Gasteiger partial charge in [0.1, 0.15) is 11.4 Å². The van der Waals surface area contributed by atoms with Crippen LogP contribution in [0.3, 0.4) is 0 Å². The fraction of sp³-hybridized carbons (Fsp3) is 0.400. The van der Waals surface area contributed by atoms with Crippen molar-refractivity contribution in [2.24, 2.45) is 0 Å². The fourth-order valence-electron chi connectivity index (χ4n) is 3.54. The molecule has 2 aromatic rings. The SMILES string of the molecule is CCN(CC)C(=O)c1ccc(C2CCCc3ccc(O)cc32)cn1. The molecule has 1 heterocycles. The Hall–Kier alpha value is -2.36. The predicted octanol–water partition coefficient (Wildman–Crippen LogP) is 3.74. The molecular weight excluding hydrogens is 300 g/mol. The molecule has 0 bridgehead atoms. The highest BCUT2D eigenvalue weighted by Crippen LogP contribution is 2.37. The van der Waals surface area contributed by atoms with Gasteiger partial charge >= 0.3 is 0 Å². The number of carbonyl (C=O) groups is 1. The molecule has 24 heavy (non-hydrogen) atoms. The van der Waals surface area contributed by atoms with Crippen LogP contribution in [0.5, 0.6) is 5.75 Å². The summed E-state index contributed by atoms with van der Waals surface area (Å²) in [5, 5.41) is 9.82. The summed E-state index contributed by atoms with van der Waals surface area (Å²) in [7, 11) is 0. The third kappa shape index (κ3) is 3.14. The summed E-state index contributed by atoms with van der Waals surface area (Å²) in [6.07, 6.45) is 5.04. The maximum atomic E-state index is 12.4. The first kappa shape index (κ1) is 16.5. The Morgan fingerprint density at radius 2 is 2.04 bits per heavy atom. The molecule has 1 aromatic carbocycles. The van der Waals surface area contributed by atoms with Crippen molar-refractivity contribution in [2.75, 3.05) is 13.1 Å². The van der Waals surface area contributed by atoms with Gasteiger partial charge in [-0.1, -0.05) is 12.1 Å². The smallest absolute Gasteiger partial charge is 0.272 e. The Labute approximate surface area is 143 Å². The summed E-state index contributed by atoms with van der Waals surface area (Å²) in [6, 6.07) is 9.47. The Morgan fingerprint density at radius 1 is 1.25 bits per heavy atom. The maximum Gasteiger partial charge on any atom is 0.272 e. The van der Waals surface area contributed by atoms with E-state index in [0.29, 0.717) is 24.5 Å². The number of pyridine rings is 1. The van der Waals surface area contributed by atoms with Crippen LogP contribution in [0.2, 0.25) is 0 Å². The largest absolute Gasteiger partial charge is 0.508 e. The zero-order valence-electron chi connectivity index (χ0n) is 14.3. The lowest BCUT2D eigenvalue weighted by atomic mass is 9.79. The number of phenols is 1. The quantitative estimate of drug-likeness (QED) is 0.932. The molecule has 0 fully saturated rings. The lowest BCUT2D eigenvalue weighted by Crippen LogP contribution is -2.31. The summed E-state index contributed by atoms with van der Waals surface area (Å²) in [6.45, 7) is 5.32. The van der Waals surface area contributed by atoms with Gasteiger partial charge in [-0.15, -0.1) is 0 Å². The van der Waals surface area contributed by atoms with Crippen LogP contribution in [0.25, 0.3) is 0 Å². The van der Waals surface area contributed by atoms with Crippen LogP contribution in [-0.4, -0.2) is 34.0 Å². The minimum Gasteiger partial charge on any atom is -0.508 e. The fourth-order valence-corrected chi connectivity index (χ4v) is 3.54. The molecule has 1 aliphatic rings. The summed E-state index contributed by atoms with van der Waals surface area (Å²) < 4.78 is 0. The molecule has 4 heteroatoms. The van der Waals surface area contributed by atoms with Crippen LogP contribution in [0.1, 0.15) is 59.8 Å². The molecule has 0 radical (unpaired) electrons. The van der Waals surface area contributed by atoms with Crippen LogP contribution < -0.4 is 0 Å². The maximum absolute atomic E-state index is 12.4. The molecule has 0 spiro atoms. The highest BCUT2D eigenvalue weighted by molar-refractivity contribution is 5.92. The third-order valence-corrected chi connectivity index (χ3v) is 4.90. The number of fused-ring (bicyclic) bond motifs is 1. The van der Waals surface area contributed by atoms with Crippen LogP contribution >= 0.6 is 0 Å². The number of aromatic hydroxyl groups is 1. The topological polar surface area (TPSA) is 53.4 Å². The number of amides is 1. The van der Waals surface area contributed by atoms with E-state index in [-0.39, 0.29) is 11.8 Å². The average Bonchev–Trinajstić information content (AvgIpc) is 2.62. The van der Waals surface area contributed by atoms with Gasteiger partial charge < -0.3 is 10.0 Å². The lowest BCUT2D eigenvalue weighted by molar-refractivity contribution is 0.0767. The second kappa shape index (κ2) is 7.04. The molecule has 1 amide bonds. The summed E-state index contributed by atoms with van der Waals surface area (Å²) in [4.78, 5) is 18.6. The number of nitrogens with zero attached hydrogens (tertiary/aromatic N) is 2. The van der Waals surface area contributed by atoms with Crippen molar-refractivity contribution in [2.45, 2.75) is 39.0 Å². The van der Waals surface area contributed by atoms with E-state index in [1.165, 1.54) is 11.1 Å². The first-order valence-electron chi connectivity index (χ1n) is 8.71. The molecular formula is C20H24N2O2. The number of aryl methyl sites for hydroxylation is 1. The van der Waals surface area contributed by atoms with Crippen molar-refractivity contribution >= 4 is 5.91 Å². The number of hydrogen-bond acceptors (Lipinski definition) is 3. The molecule has 1 atom stereocenters. The van der Waals surface area contributed by atoms with Crippen molar-refractivity contribution in [3.05, 3.63) is 58.9 Å². The molecule has 1 aromatic heterocycles. The summed E-state index contributed by atoms with van der Waals surface area (Å²) >= 11 is 0. The summed E-state index contributed by atoms with van der Waals surface area (Å²) in [5.41, 5.74) is 4.09. The van der Waals surface area contributed by atoms with Crippen LogP contribution in [0, 0.1) is 0 Å². The van der Waals surface area contributed by atoms with Gasteiger partial charge in [-0.05, 0) is 68.0 Å². The minimum absolute atomic E-state index is 0.0201. The summed E-state index contributed by atoms with van der Waals surface area (Å²) in [5.74, 6) is 0.529. The van der Waals surface area contributed by atoms with Gasteiger partial charge in [0, 0.05) is 25.2 Å². The van der Waals surface area contributed by atoms with E-state index < -0.39 is 0 Å². The Bertz CT molecular complexity index is 721. The van der Waals surface area contributed by atoms with Crippen molar-refractivity contribution in [3.8, 4) is 5.75 Å². The lowest BCUT2D eigenvalue weighted by Gasteiger charge is -2.26. The zero-order valence-corrected chi connectivity index (χ0v) is 14.3. The van der Waals surface area contributed by atoms with Gasteiger partial charge in [0.15, 0.2) is 0 Å². The van der Waals surface area contributed by atoms with Crippen LogP contribution in [0.15, 0.2) is 36.5 Å². The van der Waals surface area contributed by atoms with Crippen LogP contribution in [-0.2, 0) is 6.42 Å². The van der Waals surface area contributed by atoms with E-state index in [9.17, 15) is 9.90 Å². The second-order valence-electron chi connectivity index (χ2n) is 6.28. The van der Waals surface area contributed by atoms with E-state index in [1.807, 2.05) is 44.3 Å². The van der Waals surface area contributed by atoms with Gasteiger partial charge in [0.2, 0.25) is 0 Å². The third-order valence-electron chi connectivity index (χ3n) is 4.90. The van der Waals surface area contributed by atoms with E-state index in [1.54, 1.807) is 11.0 Å². The standard InChI is InChI=1S/C20H24N2O2/c1-3-22(4-2)20(24)19-11-9-15(13-21-19)17-7-5-6-14-8-10-16(23)12-18(14)17/h8-13,17,23H,3-7H2,1-2H3. The number of hydrogen-bond donors (Lipinski definition) is 1. The molecule has 1 aliphatic carbocycles. The minimum atomic E-state index is -0.0201. The number of aromatic nitrogens is 1. The van der Waals surface area contributed by atoms with Crippen molar-refractivity contribution in [1.29, 1.82) is 0 Å². The van der Waals surface area contributed by atoms with Gasteiger partial charge in [0.05, 0.1) is 0 Å². The Balaban J connectivity index is 1.87. The highest BCUT2D eigenvalue weighted by atomic mass is 16.3. The van der Waals surface area contributed by atoms with Gasteiger partial charge in [-0.3, -0.25) is 9.78 Å². The normalized spacial score (nSPS) is 16.5. The molecule has 1 N–H and O–H groups in total. The van der Waals surface area contributed by atoms with Gasteiger partial charge in [-0.25, -0.2) is 0 Å². The number of carbonyl (C=O) groups excluding carboxylic acids is 1. The second-order valence-corrected chi connectivity index (χ2v) is 6.28. The van der Waals surface area contributed by atoms with E-state index in [0.717, 1.165) is 24.8 Å². The number of benzene rings is 1. The zero-order chi connectivity index (χ0) is 17.1. The first-order valence-corrected chi connectivity index (χ1v) is 8.71. The van der Waals surface area contributed by atoms with Crippen molar-refractivity contribution in [1.82, 2.24) is 9.88 Å². The van der Waals surface area contributed by atoms with E-state index in [4.69, 9.17) is 0 Å². The predicted molar refractivity (Wildman–Crippen MR) is 94.4 cm³/mol. The average molecular weight is 324 g/mol.